The number of hydrogen-bond donors (Lipinski definition) is 0. The van der Waals surface area contributed by atoms with Crippen molar-refractivity contribution in [1.82, 2.24) is 13.8 Å². The van der Waals surface area contributed by atoms with Crippen LogP contribution >= 0.6 is 0 Å². The molecular formula is C27H31F2N3O3S. The molecule has 6 nitrogen and oxygen atoms in total. The molecule has 3 aromatic rings. The van der Waals surface area contributed by atoms with Crippen LogP contribution in [-0.2, 0) is 26.8 Å². The fraction of sp³-hybridized carbons (Fsp3) is 0.370. The molecule has 1 unspecified atom stereocenters. The number of aromatic nitrogens is 1. The summed E-state index contributed by atoms with van der Waals surface area (Å²) in [6.45, 7) is 8.26. The van der Waals surface area contributed by atoms with Crippen molar-refractivity contribution in [3.8, 4) is 0 Å². The molecule has 0 fully saturated rings. The maximum atomic E-state index is 14.8. The van der Waals surface area contributed by atoms with E-state index < -0.39 is 33.6 Å². The Kier molecular flexibility index (Phi) is 7.07. The predicted molar refractivity (Wildman–Crippen MR) is 134 cm³/mol. The molecule has 2 heterocycles. The lowest BCUT2D eigenvalue weighted by molar-refractivity contribution is -0.134. The molecule has 0 spiro atoms. The molecule has 0 bridgehead atoms. The molecule has 192 valence electrons. The number of nitrogens with zero attached hydrogens (tertiary/aromatic N) is 3. The fourth-order valence-corrected chi connectivity index (χ4v) is 5.99. The van der Waals surface area contributed by atoms with E-state index in [1.165, 1.54) is 11.0 Å². The lowest BCUT2D eigenvalue weighted by atomic mass is 9.87. The Labute approximate surface area is 211 Å². The van der Waals surface area contributed by atoms with Gasteiger partial charge in [-0.1, -0.05) is 45.9 Å². The van der Waals surface area contributed by atoms with Crippen LogP contribution in [0, 0.1) is 11.6 Å². The molecule has 4 rings (SSSR count). The second-order valence-corrected chi connectivity index (χ2v) is 11.9. The number of rotatable bonds is 6. The van der Waals surface area contributed by atoms with Crippen LogP contribution in [0.3, 0.4) is 0 Å². The van der Waals surface area contributed by atoms with Crippen molar-refractivity contribution in [2.75, 3.05) is 19.6 Å². The molecule has 0 saturated carbocycles. The first kappa shape index (κ1) is 26.0. The standard InChI is InChI=1S/C27H31F2N3O3S/c1-5-31(36(34,35)21-11-8-19(9-12-21)27(2,3)4)18-25(33)32-16-15-30-14-6-7-24(30)26(32)22-13-10-20(28)17-23(22)29/h6-14,17,26H,5,15-16,18H2,1-4H3. The Morgan fingerprint density at radius 2 is 1.75 bits per heavy atom. The maximum absolute atomic E-state index is 14.8. The van der Waals surface area contributed by atoms with Gasteiger partial charge >= 0.3 is 0 Å². The Balaban J connectivity index is 1.63. The zero-order chi connectivity index (χ0) is 26.3. The monoisotopic (exact) mass is 515 g/mol. The van der Waals surface area contributed by atoms with Gasteiger partial charge in [0.2, 0.25) is 15.9 Å². The summed E-state index contributed by atoms with van der Waals surface area (Å²) in [6.07, 6.45) is 1.84. The van der Waals surface area contributed by atoms with Crippen LogP contribution in [0.15, 0.2) is 65.7 Å². The summed E-state index contributed by atoms with van der Waals surface area (Å²) in [5, 5.41) is 0. The number of sulfonamides is 1. The van der Waals surface area contributed by atoms with E-state index in [1.54, 1.807) is 37.3 Å². The van der Waals surface area contributed by atoms with Gasteiger partial charge in [0.1, 0.15) is 17.7 Å². The van der Waals surface area contributed by atoms with Crippen LogP contribution in [-0.4, -0.2) is 47.7 Å². The van der Waals surface area contributed by atoms with Gasteiger partial charge in [-0.2, -0.15) is 4.31 Å². The van der Waals surface area contributed by atoms with Gasteiger partial charge in [0.15, 0.2) is 0 Å². The van der Waals surface area contributed by atoms with Crippen LogP contribution in [0.4, 0.5) is 8.78 Å². The highest BCUT2D eigenvalue weighted by molar-refractivity contribution is 7.89. The summed E-state index contributed by atoms with van der Waals surface area (Å²) in [5.74, 6) is -1.92. The zero-order valence-electron chi connectivity index (χ0n) is 20.9. The van der Waals surface area contributed by atoms with Crippen molar-refractivity contribution >= 4 is 15.9 Å². The summed E-state index contributed by atoms with van der Waals surface area (Å²) in [5.41, 5.74) is 1.72. The summed E-state index contributed by atoms with van der Waals surface area (Å²) >= 11 is 0. The highest BCUT2D eigenvalue weighted by Crippen LogP contribution is 2.34. The third-order valence-corrected chi connectivity index (χ3v) is 8.57. The van der Waals surface area contributed by atoms with Gasteiger partial charge in [-0.05, 0) is 41.3 Å². The first-order valence-electron chi connectivity index (χ1n) is 11.9. The van der Waals surface area contributed by atoms with E-state index >= 15 is 0 Å². The SMILES string of the molecule is CCN(CC(=O)N1CCn2cccc2C1c1ccc(F)cc1F)S(=O)(=O)c1ccc(C(C)(C)C)cc1. The van der Waals surface area contributed by atoms with Gasteiger partial charge in [0.25, 0.3) is 0 Å². The minimum atomic E-state index is -3.94. The maximum Gasteiger partial charge on any atom is 0.243 e. The number of amides is 1. The predicted octanol–water partition coefficient (Wildman–Crippen LogP) is 4.71. The molecule has 9 heteroatoms. The van der Waals surface area contributed by atoms with E-state index in [1.807, 2.05) is 37.6 Å². The molecule has 2 aromatic carbocycles. The van der Waals surface area contributed by atoms with E-state index in [9.17, 15) is 22.0 Å². The van der Waals surface area contributed by atoms with Crippen molar-refractivity contribution < 1.29 is 22.0 Å². The number of likely N-dealkylation sites (N-methyl/N-ethyl adjacent to an activating group) is 1. The quantitative estimate of drug-likeness (QED) is 0.478. The van der Waals surface area contributed by atoms with Gasteiger partial charge < -0.3 is 9.47 Å². The Bertz CT molecular complexity index is 1360. The second kappa shape index (κ2) is 9.78. The molecular weight excluding hydrogens is 484 g/mol. The number of hydrogen-bond acceptors (Lipinski definition) is 3. The summed E-state index contributed by atoms with van der Waals surface area (Å²) in [4.78, 5) is 15.1. The van der Waals surface area contributed by atoms with Crippen LogP contribution in [0.1, 0.15) is 50.6 Å². The fourth-order valence-electron chi connectivity index (χ4n) is 4.59. The minimum Gasteiger partial charge on any atom is -0.348 e. The van der Waals surface area contributed by atoms with E-state index in [-0.39, 0.29) is 35.5 Å². The smallest absolute Gasteiger partial charge is 0.243 e. The number of carbonyl (C=O) groups is 1. The van der Waals surface area contributed by atoms with Crippen LogP contribution < -0.4 is 0 Å². The van der Waals surface area contributed by atoms with Crippen molar-refractivity contribution in [1.29, 1.82) is 0 Å². The van der Waals surface area contributed by atoms with E-state index in [2.05, 4.69) is 0 Å². The van der Waals surface area contributed by atoms with Crippen LogP contribution in [0.2, 0.25) is 0 Å². The van der Waals surface area contributed by atoms with Gasteiger partial charge in [-0.3, -0.25) is 4.79 Å². The molecule has 1 aliphatic rings. The molecule has 0 aliphatic carbocycles. The molecule has 0 N–H and O–H groups in total. The first-order valence-corrected chi connectivity index (χ1v) is 13.4. The molecule has 1 aromatic heterocycles. The molecule has 36 heavy (non-hydrogen) atoms. The minimum absolute atomic E-state index is 0.0922. The summed E-state index contributed by atoms with van der Waals surface area (Å²) in [6, 6.07) is 12.8. The lowest BCUT2D eigenvalue weighted by Gasteiger charge is -2.38. The Morgan fingerprint density at radius 1 is 1.06 bits per heavy atom. The largest absolute Gasteiger partial charge is 0.348 e. The first-order chi connectivity index (χ1) is 16.9. The van der Waals surface area contributed by atoms with E-state index in [4.69, 9.17) is 0 Å². The number of halogens is 2. The van der Waals surface area contributed by atoms with E-state index in [0.717, 1.165) is 22.0 Å². The van der Waals surface area contributed by atoms with E-state index in [0.29, 0.717) is 12.2 Å². The number of carbonyl (C=O) groups excluding carboxylic acids is 1. The van der Waals surface area contributed by atoms with Crippen molar-refractivity contribution in [3.63, 3.8) is 0 Å². The average molecular weight is 516 g/mol. The van der Waals surface area contributed by atoms with Gasteiger partial charge in [-0.15, -0.1) is 0 Å². The lowest BCUT2D eigenvalue weighted by Crippen LogP contribution is -2.48. The molecule has 1 atom stereocenters. The Morgan fingerprint density at radius 3 is 2.36 bits per heavy atom. The molecule has 1 amide bonds. The molecule has 1 aliphatic heterocycles. The summed E-state index contributed by atoms with van der Waals surface area (Å²) in [7, 11) is -3.94. The average Bonchev–Trinajstić information content (AvgIpc) is 3.30. The normalized spacial score (nSPS) is 16.3. The van der Waals surface area contributed by atoms with Crippen molar-refractivity contribution in [2.24, 2.45) is 0 Å². The Hall–Kier alpha value is -3.04. The second-order valence-electron chi connectivity index (χ2n) is 9.99. The number of fused-ring (bicyclic) bond motifs is 1. The third-order valence-electron chi connectivity index (χ3n) is 6.64. The topological polar surface area (TPSA) is 62.6 Å². The van der Waals surface area contributed by atoms with Crippen LogP contribution in [0.25, 0.3) is 0 Å². The number of benzene rings is 2. The van der Waals surface area contributed by atoms with Crippen LogP contribution in [0.5, 0.6) is 0 Å². The third kappa shape index (κ3) is 4.95. The zero-order valence-corrected chi connectivity index (χ0v) is 21.7. The van der Waals surface area contributed by atoms with Gasteiger partial charge in [0, 0.05) is 43.2 Å². The highest BCUT2D eigenvalue weighted by Gasteiger charge is 2.36. The van der Waals surface area contributed by atoms with Crippen molar-refractivity contribution in [2.45, 2.75) is 50.6 Å². The molecule has 0 saturated heterocycles. The van der Waals surface area contributed by atoms with Crippen molar-refractivity contribution in [3.05, 3.63) is 89.2 Å². The van der Waals surface area contributed by atoms with Gasteiger partial charge in [0.05, 0.1) is 11.4 Å². The molecule has 0 radical (unpaired) electrons. The summed E-state index contributed by atoms with van der Waals surface area (Å²) < 4.78 is 58.3. The van der Waals surface area contributed by atoms with Gasteiger partial charge in [-0.25, -0.2) is 17.2 Å². The highest BCUT2D eigenvalue weighted by atomic mass is 32.2.